The second-order valence-electron chi connectivity index (χ2n) is 3.22. The Kier molecular flexibility index (Phi) is 2.99. The molecule has 0 bridgehead atoms. The summed E-state index contributed by atoms with van der Waals surface area (Å²) in [5.41, 5.74) is 0. The molecule has 0 spiro atoms. The van der Waals surface area contributed by atoms with Crippen molar-refractivity contribution in [2.24, 2.45) is 0 Å². The number of ether oxygens (including phenoxy) is 1. The third-order valence-corrected chi connectivity index (χ3v) is 2.13. The van der Waals surface area contributed by atoms with Crippen LogP contribution in [0, 0.1) is 10.1 Å². The van der Waals surface area contributed by atoms with Crippen molar-refractivity contribution < 1.29 is 9.66 Å². The zero-order valence-electron chi connectivity index (χ0n) is 7.40. The topological polar surface area (TPSA) is 55.6 Å². The minimum Gasteiger partial charge on any atom is -0.378 e. The van der Waals surface area contributed by atoms with Gasteiger partial charge >= 0.3 is 0 Å². The summed E-state index contributed by atoms with van der Waals surface area (Å²) in [4.78, 5) is 11.8. The molecule has 1 saturated heterocycles. The lowest BCUT2D eigenvalue weighted by molar-refractivity contribution is -0.510. The summed E-state index contributed by atoms with van der Waals surface area (Å²) in [6.07, 6.45) is 0. The van der Waals surface area contributed by atoms with E-state index in [9.17, 15) is 10.1 Å². The minimum atomic E-state index is -0.293. The zero-order valence-corrected chi connectivity index (χ0v) is 7.40. The third kappa shape index (κ3) is 2.15. The van der Waals surface area contributed by atoms with Gasteiger partial charge in [0.2, 0.25) is 0 Å². The lowest BCUT2D eigenvalue weighted by Crippen LogP contribution is -2.51. The highest BCUT2D eigenvalue weighted by Crippen LogP contribution is 2.11. The number of nitro groups is 1. The van der Waals surface area contributed by atoms with Gasteiger partial charge in [-0.1, -0.05) is 0 Å². The smallest absolute Gasteiger partial charge is 0.259 e. The van der Waals surface area contributed by atoms with Crippen molar-refractivity contribution in [1.82, 2.24) is 4.90 Å². The predicted octanol–water partition coefficient (Wildman–Crippen LogP) is 0.330. The van der Waals surface area contributed by atoms with Crippen LogP contribution < -0.4 is 0 Å². The fraction of sp³-hybridized carbons (Fsp3) is 1.00. The second-order valence-corrected chi connectivity index (χ2v) is 3.22. The van der Waals surface area contributed by atoms with Crippen LogP contribution in [0.4, 0.5) is 0 Å². The first-order valence-corrected chi connectivity index (χ1v) is 4.06. The van der Waals surface area contributed by atoms with Crippen molar-refractivity contribution in [2.75, 3.05) is 19.9 Å². The highest BCUT2D eigenvalue weighted by atomic mass is 16.6. The molecular formula is C7H14N2O3. The van der Waals surface area contributed by atoms with Crippen molar-refractivity contribution in [2.45, 2.75) is 25.9 Å². The standard InChI is InChI=1S/C7H14N2O3/c1-6-3-12-4-7(2)8(6)5-9(10)11/h6-7H,3-5H2,1-2H3. The molecule has 0 aliphatic carbocycles. The first-order chi connectivity index (χ1) is 5.61. The number of hydrogen-bond acceptors (Lipinski definition) is 4. The van der Waals surface area contributed by atoms with E-state index in [-0.39, 0.29) is 23.7 Å². The molecular weight excluding hydrogens is 160 g/mol. The van der Waals surface area contributed by atoms with Crippen LogP contribution in [0.2, 0.25) is 0 Å². The van der Waals surface area contributed by atoms with Crippen molar-refractivity contribution in [1.29, 1.82) is 0 Å². The van der Waals surface area contributed by atoms with E-state index in [1.54, 1.807) is 0 Å². The Labute approximate surface area is 71.4 Å². The molecule has 1 aliphatic rings. The van der Waals surface area contributed by atoms with Gasteiger partial charge in [-0.3, -0.25) is 10.1 Å². The molecule has 0 aromatic rings. The molecule has 5 heteroatoms. The highest BCUT2D eigenvalue weighted by molar-refractivity contribution is 4.75. The van der Waals surface area contributed by atoms with E-state index in [1.807, 2.05) is 18.7 Å². The Bertz CT molecular complexity index is 164. The highest BCUT2D eigenvalue weighted by Gasteiger charge is 2.28. The molecule has 0 aromatic carbocycles. The van der Waals surface area contributed by atoms with E-state index in [0.717, 1.165) is 0 Å². The van der Waals surface area contributed by atoms with Gasteiger partial charge in [0.25, 0.3) is 6.67 Å². The maximum atomic E-state index is 10.3. The maximum Gasteiger partial charge on any atom is 0.259 e. The lowest BCUT2D eigenvalue weighted by atomic mass is 10.2. The molecule has 70 valence electrons. The summed E-state index contributed by atoms with van der Waals surface area (Å²) in [5, 5.41) is 10.3. The molecule has 0 amide bonds. The van der Waals surface area contributed by atoms with E-state index in [1.165, 1.54) is 0 Å². The third-order valence-electron chi connectivity index (χ3n) is 2.13. The molecule has 5 nitrogen and oxygen atoms in total. The molecule has 1 heterocycles. The molecule has 1 fully saturated rings. The van der Waals surface area contributed by atoms with Crippen LogP contribution in [0.15, 0.2) is 0 Å². The predicted molar refractivity (Wildman–Crippen MR) is 43.4 cm³/mol. The van der Waals surface area contributed by atoms with Crippen LogP contribution in [-0.4, -0.2) is 41.8 Å². The minimum absolute atomic E-state index is 0.0777. The quantitative estimate of drug-likeness (QED) is 0.447. The van der Waals surface area contributed by atoms with Crippen molar-refractivity contribution in [3.8, 4) is 0 Å². The largest absolute Gasteiger partial charge is 0.378 e. The molecule has 0 N–H and O–H groups in total. The van der Waals surface area contributed by atoms with E-state index < -0.39 is 0 Å². The summed E-state index contributed by atoms with van der Waals surface area (Å²) in [6, 6.07) is 0.304. The Hall–Kier alpha value is -0.680. The number of morpholine rings is 1. The van der Waals surface area contributed by atoms with Gasteiger partial charge in [-0.05, 0) is 13.8 Å². The van der Waals surface area contributed by atoms with Gasteiger partial charge in [-0.25, -0.2) is 4.90 Å². The van der Waals surface area contributed by atoms with Gasteiger partial charge < -0.3 is 4.74 Å². The molecule has 0 aromatic heterocycles. The molecule has 2 atom stereocenters. The van der Waals surface area contributed by atoms with Crippen molar-refractivity contribution >= 4 is 0 Å². The van der Waals surface area contributed by atoms with Gasteiger partial charge in [0.1, 0.15) is 0 Å². The average molecular weight is 174 g/mol. The van der Waals surface area contributed by atoms with Crippen LogP contribution in [0.5, 0.6) is 0 Å². The van der Waals surface area contributed by atoms with Gasteiger partial charge in [0.15, 0.2) is 0 Å². The maximum absolute atomic E-state index is 10.3. The van der Waals surface area contributed by atoms with Crippen LogP contribution in [-0.2, 0) is 4.74 Å². The normalized spacial score (nSPS) is 31.8. The van der Waals surface area contributed by atoms with E-state index >= 15 is 0 Å². The van der Waals surface area contributed by atoms with E-state index in [4.69, 9.17) is 4.74 Å². The summed E-state index contributed by atoms with van der Waals surface area (Å²) < 4.78 is 5.24. The summed E-state index contributed by atoms with van der Waals surface area (Å²) >= 11 is 0. The molecule has 0 saturated carbocycles. The van der Waals surface area contributed by atoms with Gasteiger partial charge in [-0.15, -0.1) is 0 Å². The molecule has 12 heavy (non-hydrogen) atoms. The van der Waals surface area contributed by atoms with Gasteiger partial charge in [0.05, 0.1) is 13.2 Å². The summed E-state index contributed by atoms with van der Waals surface area (Å²) in [6.45, 7) is 5.00. The second kappa shape index (κ2) is 3.82. The Balaban J connectivity index is 2.50. The van der Waals surface area contributed by atoms with Gasteiger partial charge in [-0.2, -0.15) is 0 Å². The Morgan fingerprint density at radius 2 is 2.00 bits per heavy atom. The summed E-state index contributed by atoms with van der Waals surface area (Å²) in [7, 11) is 0. The fourth-order valence-electron chi connectivity index (χ4n) is 1.45. The SMILES string of the molecule is CC1COCC(C)N1C[N+](=O)[O-]. The monoisotopic (exact) mass is 174 g/mol. The Morgan fingerprint density at radius 3 is 2.42 bits per heavy atom. The molecule has 1 rings (SSSR count). The van der Waals surface area contributed by atoms with Crippen LogP contribution in [0.1, 0.15) is 13.8 Å². The number of hydrogen-bond donors (Lipinski definition) is 0. The van der Waals surface area contributed by atoms with Gasteiger partial charge in [0, 0.05) is 17.0 Å². The molecule has 0 radical (unpaired) electrons. The average Bonchev–Trinajstić information content (AvgIpc) is 1.97. The van der Waals surface area contributed by atoms with Crippen molar-refractivity contribution in [3.63, 3.8) is 0 Å². The molecule has 1 aliphatic heterocycles. The van der Waals surface area contributed by atoms with Crippen molar-refractivity contribution in [3.05, 3.63) is 10.1 Å². The van der Waals surface area contributed by atoms with E-state index in [2.05, 4.69) is 0 Å². The first-order valence-electron chi connectivity index (χ1n) is 4.06. The molecule has 2 unspecified atom stereocenters. The Morgan fingerprint density at radius 1 is 1.50 bits per heavy atom. The van der Waals surface area contributed by atoms with Crippen LogP contribution in [0.25, 0.3) is 0 Å². The zero-order chi connectivity index (χ0) is 9.14. The summed E-state index contributed by atoms with van der Waals surface area (Å²) in [5.74, 6) is 0. The van der Waals surface area contributed by atoms with E-state index in [0.29, 0.717) is 13.2 Å². The number of rotatable bonds is 2. The lowest BCUT2D eigenvalue weighted by Gasteiger charge is -2.35. The number of nitrogens with zero attached hydrogens (tertiary/aromatic N) is 2. The van der Waals surface area contributed by atoms with Crippen LogP contribution in [0.3, 0.4) is 0 Å². The first kappa shape index (κ1) is 9.41. The fourth-order valence-corrected chi connectivity index (χ4v) is 1.45. The van der Waals surface area contributed by atoms with Crippen LogP contribution >= 0.6 is 0 Å².